The van der Waals surface area contributed by atoms with Gasteiger partial charge in [0.25, 0.3) is 0 Å². The number of ether oxygens (including phenoxy) is 4. The molecule has 0 aromatic rings. The first-order valence-corrected chi connectivity index (χ1v) is 12.9. The van der Waals surface area contributed by atoms with Crippen molar-refractivity contribution in [2.45, 2.75) is 69.9 Å². The minimum Gasteiger partial charge on any atom is -0.468 e. The van der Waals surface area contributed by atoms with Crippen molar-refractivity contribution in [3.63, 3.8) is 0 Å². The first-order valence-electron chi connectivity index (χ1n) is 11.9. The van der Waals surface area contributed by atoms with Crippen LogP contribution >= 0.6 is 11.8 Å². The normalized spacial score (nSPS) is 13.1. The summed E-state index contributed by atoms with van der Waals surface area (Å²) in [5, 5.41) is 6.59. The van der Waals surface area contributed by atoms with E-state index in [1.807, 2.05) is 0 Å². The van der Waals surface area contributed by atoms with Crippen LogP contribution in [0.25, 0.3) is 0 Å². The highest BCUT2D eigenvalue weighted by molar-refractivity contribution is 8.00. The third-order valence-corrected chi connectivity index (χ3v) is 5.83. The van der Waals surface area contributed by atoms with Crippen LogP contribution in [0.1, 0.15) is 47.0 Å². The zero-order valence-corrected chi connectivity index (χ0v) is 23.6. The minimum absolute atomic E-state index is 0.0351. The van der Waals surface area contributed by atoms with Crippen molar-refractivity contribution in [3.05, 3.63) is 12.7 Å². The summed E-state index contributed by atoms with van der Waals surface area (Å²) in [4.78, 5) is 73.2. The summed E-state index contributed by atoms with van der Waals surface area (Å²) in [5.74, 6) is -3.32. The maximum atomic E-state index is 12.7. The summed E-state index contributed by atoms with van der Waals surface area (Å²) in [6, 6.07) is -2.32. The molecular formula is C24H39N3O10S. The number of carbonyl (C=O) groups excluding carboxylic acids is 6. The lowest BCUT2D eigenvalue weighted by molar-refractivity contribution is -0.144. The van der Waals surface area contributed by atoms with Gasteiger partial charge in [-0.1, -0.05) is 6.08 Å². The van der Waals surface area contributed by atoms with Gasteiger partial charge in [-0.15, -0.1) is 18.3 Å². The number of allylic oxidation sites excluding steroid dienone is 1. The van der Waals surface area contributed by atoms with E-state index < -0.39 is 65.3 Å². The number of rotatable bonds is 16. The molecule has 0 aliphatic carbocycles. The molecule has 3 atom stereocenters. The van der Waals surface area contributed by atoms with E-state index in [0.717, 1.165) is 26.0 Å². The Labute approximate surface area is 227 Å². The summed E-state index contributed by atoms with van der Waals surface area (Å²) in [6.45, 7) is 9.98. The molecule has 14 heteroatoms. The Balaban J connectivity index is 5.39. The molecule has 0 aliphatic heterocycles. The van der Waals surface area contributed by atoms with E-state index in [1.165, 1.54) is 6.08 Å². The van der Waals surface area contributed by atoms with Gasteiger partial charge >= 0.3 is 24.0 Å². The smallest absolute Gasteiger partial charge is 0.408 e. The van der Waals surface area contributed by atoms with Gasteiger partial charge < -0.3 is 34.9 Å². The number of amides is 3. The van der Waals surface area contributed by atoms with Crippen LogP contribution in [-0.4, -0.2) is 91.9 Å². The number of carbonyl (C=O) groups is 6. The number of thioether (sulfide) groups is 1. The third-order valence-electron chi connectivity index (χ3n) is 4.52. The first kappa shape index (κ1) is 34.7. The molecule has 0 radical (unpaired) electrons. The lowest BCUT2D eigenvalue weighted by Crippen LogP contribution is -2.50. The second-order valence-electron chi connectivity index (χ2n) is 8.77. The van der Waals surface area contributed by atoms with Crippen LogP contribution in [0.2, 0.25) is 0 Å². The Morgan fingerprint density at radius 3 is 2.16 bits per heavy atom. The minimum atomic E-state index is -1.18. The van der Waals surface area contributed by atoms with Crippen molar-refractivity contribution >= 4 is 47.6 Å². The highest BCUT2D eigenvalue weighted by Crippen LogP contribution is 2.18. The number of methoxy groups -OCH3 is 2. The first-order chi connectivity index (χ1) is 17.8. The SMILES string of the molecule is C=CCC(SC[C@H](NC(=O)CC[C@H](NC(=O)OC(C)(C)C)C(=O)OC)C(=O)NCC(=O)OC)C(=O)OCC. The van der Waals surface area contributed by atoms with Crippen molar-refractivity contribution in [2.24, 2.45) is 0 Å². The Morgan fingerprint density at radius 2 is 1.63 bits per heavy atom. The average molecular weight is 562 g/mol. The van der Waals surface area contributed by atoms with Crippen LogP contribution in [0.15, 0.2) is 12.7 Å². The van der Waals surface area contributed by atoms with E-state index in [9.17, 15) is 28.8 Å². The Kier molecular flexibility index (Phi) is 16.5. The van der Waals surface area contributed by atoms with Gasteiger partial charge in [0.1, 0.15) is 29.5 Å². The Bertz CT molecular complexity index is 844. The fourth-order valence-electron chi connectivity index (χ4n) is 2.75. The zero-order chi connectivity index (χ0) is 29.3. The summed E-state index contributed by atoms with van der Waals surface area (Å²) in [7, 11) is 2.29. The number of hydrogen-bond acceptors (Lipinski definition) is 11. The van der Waals surface area contributed by atoms with Crippen molar-refractivity contribution < 1.29 is 47.7 Å². The van der Waals surface area contributed by atoms with E-state index in [1.54, 1.807) is 27.7 Å². The molecular weight excluding hydrogens is 522 g/mol. The molecule has 0 aromatic carbocycles. The fourth-order valence-corrected chi connectivity index (χ4v) is 3.89. The number of hydrogen-bond donors (Lipinski definition) is 3. The fraction of sp³-hybridized carbons (Fsp3) is 0.667. The summed E-state index contributed by atoms with van der Waals surface area (Å²) < 4.78 is 19.4. The second kappa shape index (κ2) is 18.0. The molecule has 0 rings (SSSR count). The molecule has 0 saturated heterocycles. The molecule has 0 heterocycles. The molecule has 0 aromatic heterocycles. The van der Waals surface area contributed by atoms with Gasteiger partial charge in [-0.2, -0.15) is 0 Å². The van der Waals surface area contributed by atoms with Crippen molar-refractivity contribution in [3.8, 4) is 0 Å². The van der Waals surface area contributed by atoms with Crippen molar-refractivity contribution in [1.82, 2.24) is 16.0 Å². The molecule has 216 valence electrons. The summed E-state index contributed by atoms with van der Waals surface area (Å²) in [5.41, 5.74) is -0.808. The highest BCUT2D eigenvalue weighted by Gasteiger charge is 2.28. The highest BCUT2D eigenvalue weighted by atomic mass is 32.2. The van der Waals surface area contributed by atoms with E-state index in [-0.39, 0.29) is 31.6 Å². The molecule has 0 aliphatic rings. The molecule has 0 saturated carbocycles. The standard InChI is InChI=1S/C24H39N3O10S/c1-8-10-17(22(32)36-9-2)38-14-16(20(30)25-13-19(29)34-6)26-18(28)12-11-15(21(31)35-7)27-23(33)37-24(3,4)5/h8,15-17H,1,9-14H2,2-7H3,(H,25,30)(H,26,28)(H,27,33)/t15-,16-,17?/m0/s1. The van der Waals surface area contributed by atoms with Gasteiger partial charge in [-0.3, -0.25) is 19.2 Å². The number of esters is 3. The molecule has 1 unspecified atom stereocenters. The van der Waals surface area contributed by atoms with Crippen molar-refractivity contribution in [2.75, 3.05) is 33.1 Å². The van der Waals surface area contributed by atoms with Gasteiger partial charge in [-0.25, -0.2) is 9.59 Å². The van der Waals surface area contributed by atoms with E-state index >= 15 is 0 Å². The maximum absolute atomic E-state index is 12.7. The van der Waals surface area contributed by atoms with E-state index in [0.29, 0.717) is 0 Å². The topological polar surface area (TPSA) is 175 Å². The number of alkyl carbamates (subject to hydrolysis) is 1. The van der Waals surface area contributed by atoms with Crippen LogP contribution in [-0.2, 0) is 42.9 Å². The second-order valence-corrected chi connectivity index (χ2v) is 10.0. The Hall–Kier alpha value is -3.29. The average Bonchev–Trinajstić information content (AvgIpc) is 2.84. The number of nitrogens with one attached hydrogen (secondary N) is 3. The zero-order valence-electron chi connectivity index (χ0n) is 22.7. The van der Waals surface area contributed by atoms with Crippen LogP contribution in [0.4, 0.5) is 4.79 Å². The summed E-state index contributed by atoms with van der Waals surface area (Å²) >= 11 is 1.07. The summed E-state index contributed by atoms with van der Waals surface area (Å²) in [6.07, 6.45) is 0.519. The molecule has 0 bridgehead atoms. The van der Waals surface area contributed by atoms with E-state index in [4.69, 9.17) is 9.47 Å². The van der Waals surface area contributed by atoms with Gasteiger partial charge in [0.15, 0.2) is 0 Å². The quantitative estimate of drug-likeness (QED) is 0.138. The Morgan fingerprint density at radius 1 is 0.974 bits per heavy atom. The van der Waals surface area contributed by atoms with Crippen LogP contribution in [0.3, 0.4) is 0 Å². The van der Waals surface area contributed by atoms with Gasteiger partial charge in [0, 0.05) is 12.2 Å². The van der Waals surface area contributed by atoms with Crippen LogP contribution in [0.5, 0.6) is 0 Å². The third kappa shape index (κ3) is 15.1. The van der Waals surface area contributed by atoms with Gasteiger partial charge in [0.2, 0.25) is 11.8 Å². The van der Waals surface area contributed by atoms with Gasteiger partial charge in [0.05, 0.1) is 20.8 Å². The van der Waals surface area contributed by atoms with Crippen molar-refractivity contribution in [1.29, 1.82) is 0 Å². The largest absolute Gasteiger partial charge is 0.468 e. The van der Waals surface area contributed by atoms with Crippen LogP contribution in [0, 0.1) is 0 Å². The molecule has 3 amide bonds. The lowest BCUT2D eigenvalue weighted by Gasteiger charge is -2.23. The molecule has 0 spiro atoms. The maximum Gasteiger partial charge on any atom is 0.408 e. The predicted octanol–water partition coefficient (Wildman–Crippen LogP) is 0.848. The molecule has 3 N–H and O–H groups in total. The lowest BCUT2D eigenvalue weighted by atomic mass is 10.1. The van der Waals surface area contributed by atoms with E-state index in [2.05, 4.69) is 32.0 Å². The van der Waals surface area contributed by atoms with Gasteiger partial charge in [-0.05, 0) is 40.5 Å². The molecule has 13 nitrogen and oxygen atoms in total. The predicted molar refractivity (Wildman–Crippen MR) is 139 cm³/mol. The van der Waals surface area contributed by atoms with Crippen LogP contribution < -0.4 is 16.0 Å². The monoisotopic (exact) mass is 561 g/mol. The molecule has 0 fully saturated rings. The molecule has 38 heavy (non-hydrogen) atoms.